The first-order valence-corrected chi connectivity index (χ1v) is 41.1. The number of rotatable bonds is 24. The van der Waals surface area contributed by atoms with Crippen LogP contribution in [-0.2, 0) is 28.7 Å². The zero-order valence-electron chi connectivity index (χ0n) is 69.5. The minimum atomic E-state index is -1.68. The molecule has 0 saturated heterocycles. The Balaban J connectivity index is 1.07. The molecule has 6 amide bonds. The molecule has 15 rings (SSSR count). The van der Waals surface area contributed by atoms with E-state index in [0.29, 0.717) is 72.7 Å². The van der Waals surface area contributed by atoms with Crippen molar-refractivity contribution >= 4 is 90.5 Å². The number of carbonyl (C=O) groups is 8. The maximum atomic E-state index is 17.0. The number of aryl methyl sites for hydroxylation is 4. The molecule has 0 radical (unpaired) electrons. The number of nitrogens with one attached hydrogen (secondary N) is 2. The molecule has 2 heterocycles. The van der Waals surface area contributed by atoms with Crippen LogP contribution in [0.3, 0.4) is 0 Å². The van der Waals surface area contributed by atoms with Gasteiger partial charge in [-0.1, -0.05) is 178 Å². The first-order valence-electron chi connectivity index (χ1n) is 41.1. The van der Waals surface area contributed by atoms with E-state index in [2.05, 4.69) is 79.2 Å². The van der Waals surface area contributed by atoms with Crippen LogP contribution >= 0.6 is 0 Å². The molecular formula is C100H100N4O14. The van der Waals surface area contributed by atoms with E-state index >= 15 is 28.8 Å². The van der Waals surface area contributed by atoms with E-state index in [1.807, 2.05) is 100 Å². The van der Waals surface area contributed by atoms with Crippen molar-refractivity contribution < 1.29 is 66.8 Å². The molecule has 4 aliphatic rings. The number of hydrogen-bond donors (Lipinski definition) is 2. The number of hydrogen-bond acceptors (Lipinski definition) is 14. The van der Waals surface area contributed by atoms with E-state index in [-0.39, 0.29) is 160 Å². The molecule has 18 heteroatoms. The van der Waals surface area contributed by atoms with Crippen LogP contribution in [0.15, 0.2) is 182 Å². The molecule has 604 valence electrons. The summed E-state index contributed by atoms with van der Waals surface area (Å²) in [7, 11) is 0. The van der Waals surface area contributed by atoms with Crippen molar-refractivity contribution in [3.8, 4) is 46.0 Å². The van der Waals surface area contributed by atoms with E-state index in [9.17, 15) is 9.59 Å². The van der Waals surface area contributed by atoms with Crippen molar-refractivity contribution in [1.82, 2.24) is 20.4 Å². The summed E-state index contributed by atoms with van der Waals surface area (Å²) in [6.45, 7) is 35.4. The fraction of sp³-hybridized carbons (Fsp3) is 0.320. The minimum Gasteiger partial charge on any atom is -0.460 e. The van der Waals surface area contributed by atoms with Crippen LogP contribution < -0.4 is 29.6 Å². The van der Waals surface area contributed by atoms with Crippen molar-refractivity contribution in [1.29, 1.82) is 0 Å². The molecule has 18 nitrogen and oxygen atoms in total. The summed E-state index contributed by atoms with van der Waals surface area (Å²) in [5.74, 6) is -3.63. The van der Waals surface area contributed by atoms with Gasteiger partial charge in [0.05, 0.1) is 22.3 Å². The first-order chi connectivity index (χ1) is 56.4. The summed E-state index contributed by atoms with van der Waals surface area (Å²) < 4.78 is 43.3. The van der Waals surface area contributed by atoms with Crippen molar-refractivity contribution in [2.75, 3.05) is 0 Å². The van der Waals surface area contributed by atoms with Crippen LogP contribution in [0.1, 0.15) is 253 Å². The fourth-order valence-corrected chi connectivity index (χ4v) is 17.3. The van der Waals surface area contributed by atoms with Gasteiger partial charge in [-0.05, 0) is 208 Å². The Labute approximate surface area is 688 Å². The molecule has 11 aromatic carbocycles. The van der Waals surface area contributed by atoms with Gasteiger partial charge in [0.15, 0.2) is 12.1 Å². The third-order valence-electron chi connectivity index (χ3n) is 23.8. The topological polar surface area (TPSA) is 222 Å². The molecule has 6 unspecified atom stereocenters. The number of fused-ring (bicyclic) bond motifs is 2. The molecule has 2 aliphatic heterocycles. The second-order valence-electron chi connectivity index (χ2n) is 33.8. The summed E-state index contributed by atoms with van der Waals surface area (Å²) in [6.07, 6.45) is 2.45. The lowest BCUT2D eigenvalue weighted by Crippen LogP contribution is -2.47. The summed E-state index contributed by atoms with van der Waals surface area (Å²) >= 11 is 0. The zero-order valence-corrected chi connectivity index (χ0v) is 69.5. The number of carbonyl (C=O) groups excluding carboxylic acids is 8. The fourth-order valence-electron chi connectivity index (χ4n) is 17.3. The molecule has 0 bridgehead atoms. The van der Waals surface area contributed by atoms with E-state index in [4.69, 9.17) is 28.4 Å². The standard InChI is InChI=1S/C100H100N4O14/c1-51(2)63-33-37-75(57(13)41-63)115-79-47-71-83-72(96(108)103(95(71)107)91(61-25-19-17-20-26-61)99(111)113-69-31-23-29-67(45-69)101-93(105)55(9)10)49-81(117-77-39-35-65(53(5)6)43-59(77)15)87-88-82(118-78-40-36-66(54(7)8)44-60(78)16)50-74-84-73(48-80(86(90(84)88)85(79)89(83)87)116-76-38-34-64(52(3)4)42-58(76)14)97(109)104(98(74)110)92(62-27-21-18-22-28-62)100(112)114-70-32-24-30-68(46-70)102-94(106)56(11)12/h17-22,25-28,33-44,47-54,67-70,91-92H,9,11,23-24,29-32,45-46H2,1-8,10,12-16H3,(H,101,105)(H,102,106). The van der Waals surface area contributed by atoms with Crippen LogP contribution in [0.5, 0.6) is 46.0 Å². The number of ether oxygens (including phenoxy) is 6. The second-order valence-corrected chi connectivity index (χ2v) is 33.8. The summed E-state index contributed by atoms with van der Waals surface area (Å²) in [5.41, 5.74) is 8.06. The quantitative estimate of drug-likeness (QED) is 0.0189. The lowest BCUT2D eigenvalue weighted by atomic mass is 9.80. The maximum Gasteiger partial charge on any atom is 0.334 e. The minimum absolute atomic E-state index is 0.0431. The number of benzene rings is 11. The van der Waals surface area contributed by atoms with Gasteiger partial charge in [-0.25, -0.2) is 9.59 Å². The van der Waals surface area contributed by atoms with Gasteiger partial charge in [-0.15, -0.1) is 0 Å². The van der Waals surface area contributed by atoms with Gasteiger partial charge >= 0.3 is 11.9 Å². The predicted octanol–water partition coefficient (Wildman–Crippen LogP) is 22.4. The molecule has 11 aromatic rings. The highest BCUT2D eigenvalue weighted by Gasteiger charge is 2.49. The SMILES string of the molecule is C=C(C)C(=O)NC1CCCC(OC(=O)C(c2ccccc2)N2C(=O)c3cc(Oc4ccc(C(C)C)cc4C)c4c5c(Oc6ccc(C(C)C)cc6C)cc6c7c(cc(Oc8ccc(C(C)C)cc8C)c(c8c(Oc9ccc(C(C)C)cc9C)cc(c3c48)C2=O)c75)C(=O)N(C(C(=O)OC2CCCC(NC(=O)C(=C)C)C2)c2ccccc2)C6=O)C1. The van der Waals surface area contributed by atoms with E-state index in [1.165, 1.54) is 0 Å². The van der Waals surface area contributed by atoms with Crippen molar-refractivity contribution in [2.45, 2.75) is 208 Å². The van der Waals surface area contributed by atoms with E-state index in [1.54, 1.807) is 98.8 Å². The Bertz CT molecular complexity index is 5370. The summed E-state index contributed by atoms with van der Waals surface area (Å²) in [6, 6.07) is 43.0. The lowest BCUT2D eigenvalue weighted by molar-refractivity contribution is -0.157. The van der Waals surface area contributed by atoms with Crippen LogP contribution in [0.4, 0.5) is 0 Å². The normalized spacial score (nSPS) is 17.3. The molecule has 0 aromatic heterocycles. The van der Waals surface area contributed by atoms with Crippen LogP contribution in [0, 0.1) is 27.7 Å². The van der Waals surface area contributed by atoms with Gasteiger partial charge in [0.25, 0.3) is 23.6 Å². The molecule has 2 fully saturated rings. The lowest BCUT2D eigenvalue weighted by Gasteiger charge is -2.37. The maximum absolute atomic E-state index is 17.0. The van der Waals surface area contributed by atoms with Crippen molar-refractivity contribution in [2.24, 2.45) is 0 Å². The molecule has 2 N–H and O–H groups in total. The van der Waals surface area contributed by atoms with Crippen LogP contribution in [-0.4, -0.2) is 81.5 Å². The molecule has 0 spiro atoms. The highest BCUT2D eigenvalue weighted by molar-refractivity contribution is 6.45. The average Bonchev–Trinajstić information content (AvgIpc) is 0.669. The van der Waals surface area contributed by atoms with Gasteiger partial charge in [0, 0.05) is 79.2 Å². The Hall–Kier alpha value is -12.4. The molecule has 118 heavy (non-hydrogen) atoms. The Kier molecular flexibility index (Phi) is 22.3. The second kappa shape index (κ2) is 32.6. The van der Waals surface area contributed by atoms with Gasteiger partial charge < -0.3 is 39.1 Å². The molecule has 2 aliphatic carbocycles. The van der Waals surface area contributed by atoms with Gasteiger partial charge in [0.2, 0.25) is 11.8 Å². The highest BCUT2D eigenvalue weighted by atomic mass is 16.6. The number of esters is 2. The predicted molar refractivity (Wildman–Crippen MR) is 459 cm³/mol. The number of nitrogens with zero attached hydrogens (tertiary/aromatic N) is 2. The highest BCUT2D eigenvalue weighted by Crippen LogP contribution is 2.59. The molecule has 2 saturated carbocycles. The van der Waals surface area contributed by atoms with E-state index in [0.717, 1.165) is 54.3 Å². The summed E-state index contributed by atoms with van der Waals surface area (Å²) in [4.78, 5) is 127. The number of amides is 6. The largest absolute Gasteiger partial charge is 0.460 e. The van der Waals surface area contributed by atoms with Gasteiger partial charge in [0.1, 0.15) is 58.2 Å². The average molecular weight is 1580 g/mol. The van der Waals surface area contributed by atoms with Gasteiger partial charge in [-0.3, -0.25) is 38.6 Å². The summed E-state index contributed by atoms with van der Waals surface area (Å²) in [5, 5.41) is 7.94. The molecule has 6 atom stereocenters. The van der Waals surface area contributed by atoms with Gasteiger partial charge in [-0.2, -0.15) is 0 Å². The number of imide groups is 2. The van der Waals surface area contributed by atoms with E-state index < -0.39 is 59.9 Å². The Morgan fingerprint density at radius 1 is 0.347 bits per heavy atom. The Morgan fingerprint density at radius 3 is 0.864 bits per heavy atom. The smallest absolute Gasteiger partial charge is 0.334 e. The van der Waals surface area contributed by atoms with Crippen LogP contribution in [0.2, 0.25) is 0 Å². The monoisotopic (exact) mass is 1580 g/mol. The molecular weight excluding hydrogens is 1480 g/mol. The third kappa shape index (κ3) is 15.2. The third-order valence-corrected chi connectivity index (χ3v) is 23.8. The first kappa shape index (κ1) is 80.7. The van der Waals surface area contributed by atoms with Crippen molar-refractivity contribution in [3.05, 3.63) is 260 Å². The van der Waals surface area contributed by atoms with Crippen molar-refractivity contribution in [3.63, 3.8) is 0 Å². The zero-order chi connectivity index (χ0) is 83.7. The Morgan fingerprint density at radius 2 is 0.619 bits per heavy atom. The van der Waals surface area contributed by atoms with Crippen LogP contribution in [0.25, 0.3) is 43.1 Å².